The van der Waals surface area contributed by atoms with E-state index in [1.54, 1.807) is 11.8 Å². The summed E-state index contributed by atoms with van der Waals surface area (Å²) in [5.74, 6) is 1.04. The molecule has 0 spiro atoms. The van der Waals surface area contributed by atoms with Gasteiger partial charge >= 0.3 is 0 Å². The molecule has 0 aromatic carbocycles. The summed E-state index contributed by atoms with van der Waals surface area (Å²) in [6, 6.07) is 0. The zero-order valence-corrected chi connectivity index (χ0v) is 5.48. The second-order valence-electron chi connectivity index (χ2n) is 1.65. The minimum Gasteiger partial charge on any atom is -0.409 e. The minimum atomic E-state index is 0.727. The maximum Gasteiger partial charge on any atom is 0.202 e. The molecule has 1 aliphatic heterocycles. The summed E-state index contributed by atoms with van der Waals surface area (Å²) in [5.41, 5.74) is 0. The maximum absolute atomic E-state index is 8.26. The zero-order chi connectivity index (χ0) is 5.98. The summed E-state index contributed by atoms with van der Waals surface area (Å²) in [4.78, 5) is 1.92. The van der Waals surface area contributed by atoms with Crippen molar-refractivity contribution in [3.05, 3.63) is 0 Å². The molecule has 8 heavy (non-hydrogen) atoms. The molecule has 0 saturated carbocycles. The second kappa shape index (κ2) is 2.26. The van der Waals surface area contributed by atoms with Crippen LogP contribution in [0.3, 0.4) is 0 Å². The van der Waals surface area contributed by atoms with Gasteiger partial charge in [-0.25, -0.2) is 0 Å². The molecule has 0 radical (unpaired) electrons. The van der Waals surface area contributed by atoms with Crippen molar-refractivity contribution in [2.24, 2.45) is 5.16 Å². The van der Waals surface area contributed by atoms with Gasteiger partial charge in [0.2, 0.25) is 5.17 Å². The van der Waals surface area contributed by atoms with Crippen LogP contribution in [0.4, 0.5) is 0 Å². The molecule has 4 heteroatoms. The van der Waals surface area contributed by atoms with E-state index in [1.807, 2.05) is 11.9 Å². The van der Waals surface area contributed by atoms with Gasteiger partial charge in [-0.05, 0) is 0 Å². The van der Waals surface area contributed by atoms with Crippen LogP contribution in [0.15, 0.2) is 5.16 Å². The Morgan fingerprint density at radius 1 is 1.88 bits per heavy atom. The van der Waals surface area contributed by atoms with Crippen LogP contribution in [0, 0.1) is 0 Å². The van der Waals surface area contributed by atoms with E-state index in [4.69, 9.17) is 5.21 Å². The van der Waals surface area contributed by atoms with E-state index in [2.05, 4.69) is 5.16 Å². The summed E-state index contributed by atoms with van der Waals surface area (Å²) in [6.07, 6.45) is 0. The van der Waals surface area contributed by atoms with Crippen molar-refractivity contribution in [3.8, 4) is 0 Å². The van der Waals surface area contributed by atoms with Crippen molar-refractivity contribution in [1.82, 2.24) is 4.90 Å². The quantitative estimate of drug-likeness (QED) is 0.383. The van der Waals surface area contributed by atoms with Gasteiger partial charge < -0.3 is 10.1 Å². The molecule has 0 atom stereocenters. The monoisotopic (exact) mass is 132 g/mol. The number of rotatable bonds is 0. The van der Waals surface area contributed by atoms with Crippen molar-refractivity contribution in [2.45, 2.75) is 0 Å². The average Bonchev–Trinajstić information content (AvgIpc) is 2.14. The van der Waals surface area contributed by atoms with Gasteiger partial charge in [-0.2, -0.15) is 0 Å². The van der Waals surface area contributed by atoms with E-state index in [0.717, 1.165) is 17.5 Å². The van der Waals surface area contributed by atoms with Crippen LogP contribution >= 0.6 is 11.8 Å². The van der Waals surface area contributed by atoms with Crippen LogP contribution in [0.5, 0.6) is 0 Å². The predicted octanol–water partition coefficient (Wildman–Crippen LogP) is 0.410. The van der Waals surface area contributed by atoms with Crippen LogP contribution in [-0.4, -0.2) is 34.6 Å². The lowest BCUT2D eigenvalue weighted by Gasteiger charge is -2.05. The molecular weight excluding hydrogens is 124 g/mol. The van der Waals surface area contributed by atoms with Crippen molar-refractivity contribution in [2.75, 3.05) is 19.3 Å². The first-order valence-electron chi connectivity index (χ1n) is 2.40. The van der Waals surface area contributed by atoms with Gasteiger partial charge in [-0.15, -0.1) is 0 Å². The summed E-state index contributed by atoms with van der Waals surface area (Å²) >= 11 is 1.58. The zero-order valence-electron chi connectivity index (χ0n) is 4.66. The van der Waals surface area contributed by atoms with Gasteiger partial charge in [0, 0.05) is 19.3 Å². The topological polar surface area (TPSA) is 35.8 Å². The smallest absolute Gasteiger partial charge is 0.202 e. The van der Waals surface area contributed by atoms with Gasteiger partial charge in [0.1, 0.15) is 0 Å². The fourth-order valence-corrected chi connectivity index (χ4v) is 1.50. The molecule has 0 bridgehead atoms. The molecule has 46 valence electrons. The Balaban J connectivity index is 2.55. The van der Waals surface area contributed by atoms with E-state index < -0.39 is 0 Å². The van der Waals surface area contributed by atoms with Gasteiger partial charge in [0.05, 0.1) is 0 Å². The Labute approximate surface area is 52.4 Å². The Morgan fingerprint density at radius 3 is 2.88 bits per heavy atom. The van der Waals surface area contributed by atoms with E-state index in [9.17, 15) is 0 Å². The molecule has 0 amide bonds. The lowest BCUT2D eigenvalue weighted by molar-refractivity contribution is 0.312. The molecule has 0 aliphatic carbocycles. The lowest BCUT2D eigenvalue weighted by atomic mass is 10.7. The molecule has 1 aliphatic rings. The summed E-state index contributed by atoms with van der Waals surface area (Å²) in [7, 11) is 1.91. The number of amidine groups is 1. The Bertz CT molecular complexity index is 115. The normalized spacial score (nSPS) is 25.1. The molecule has 1 N–H and O–H groups in total. The molecule has 0 unspecified atom stereocenters. The molecule has 0 aromatic rings. The second-order valence-corrected chi connectivity index (χ2v) is 2.71. The van der Waals surface area contributed by atoms with E-state index in [1.165, 1.54) is 0 Å². The largest absolute Gasteiger partial charge is 0.409 e. The summed E-state index contributed by atoms with van der Waals surface area (Å²) in [6.45, 7) is 0.990. The number of thioether (sulfide) groups is 1. The SMILES string of the molecule is CN1CCSC1=NO. The first kappa shape index (κ1) is 5.75. The van der Waals surface area contributed by atoms with Crippen LogP contribution in [0.25, 0.3) is 0 Å². The van der Waals surface area contributed by atoms with Crippen LogP contribution in [-0.2, 0) is 0 Å². The Morgan fingerprint density at radius 2 is 2.62 bits per heavy atom. The number of hydrogen-bond donors (Lipinski definition) is 1. The third-order valence-electron chi connectivity index (χ3n) is 1.07. The number of oxime groups is 1. The first-order chi connectivity index (χ1) is 3.84. The van der Waals surface area contributed by atoms with Crippen molar-refractivity contribution >= 4 is 16.9 Å². The van der Waals surface area contributed by atoms with Crippen molar-refractivity contribution < 1.29 is 5.21 Å². The third kappa shape index (κ3) is 0.888. The summed E-state index contributed by atoms with van der Waals surface area (Å²) in [5, 5.41) is 12.1. The molecule has 3 nitrogen and oxygen atoms in total. The minimum absolute atomic E-state index is 0.727. The molecular formula is C4H8N2OS. The molecule has 1 heterocycles. The highest BCUT2D eigenvalue weighted by Crippen LogP contribution is 2.14. The average molecular weight is 132 g/mol. The first-order valence-corrected chi connectivity index (χ1v) is 3.39. The van der Waals surface area contributed by atoms with Gasteiger partial charge in [-0.1, -0.05) is 16.9 Å². The van der Waals surface area contributed by atoms with Crippen LogP contribution in [0.1, 0.15) is 0 Å². The van der Waals surface area contributed by atoms with E-state index in [0.29, 0.717) is 0 Å². The Hall–Kier alpha value is -0.380. The molecule has 1 saturated heterocycles. The summed E-state index contributed by atoms with van der Waals surface area (Å²) < 4.78 is 0. The molecule has 0 aromatic heterocycles. The van der Waals surface area contributed by atoms with Crippen LogP contribution in [0.2, 0.25) is 0 Å². The lowest BCUT2D eigenvalue weighted by Crippen LogP contribution is -2.17. The van der Waals surface area contributed by atoms with Crippen molar-refractivity contribution in [1.29, 1.82) is 0 Å². The maximum atomic E-state index is 8.26. The van der Waals surface area contributed by atoms with Crippen LogP contribution < -0.4 is 0 Å². The van der Waals surface area contributed by atoms with E-state index in [-0.39, 0.29) is 0 Å². The van der Waals surface area contributed by atoms with Gasteiger partial charge in [0.25, 0.3) is 0 Å². The molecule has 1 fully saturated rings. The fraction of sp³-hybridized carbons (Fsp3) is 0.750. The van der Waals surface area contributed by atoms with E-state index >= 15 is 0 Å². The number of hydrogen-bond acceptors (Lipinski definition) is 3. The third-order valence-corrected chi connectivity index (χ3v) is 2.11. The fourth-order valence-electron chi connectivity index (χ4n) is 0.585. The number of nitrogens with zero attached hydrogens (tertiary/aromatic N) is 2. The highest BCUT2D eigenvalue weighted by atomic mass is 32.2. The Kier molecular flexibility index (Phi) is 1.62. The van der Waals surface area contributed by atoms with Gasteiger partial charge in [0.15, 0.2) is 0 Å². The van der Waals surface area contributed by atoms with Crippen molar-refractivity contribution in [3.63, 3.8) is 0 Å². The predicted molar refractivity (Wildman–Crippen MR) is 34.3 cm³/mol. The highest BCUT2D eigenvalue weighted by Gasteiger charge is 2.14. The highest BCUT2D eigenvalue weighted by molar-refractivity contribution is 8.14. The molecule has 1 rings (SSSR count). The van der Waals surface area contributed by atoms with Gasteiger partial charge in [-0.3, -0.25) is 0 Å². The standard InChI is InChI=1S/C4H8N2OS/c1-6-2-3-8-4(6)5-7/h7H,2-3H2,1H3.